The van der Waals surface area contributed by atoms with Gasteiger partial charge in [0.2, 0.25) is 11.8 Å². The number of hydrogen-bond acceptors (Lipinski definition) is 7. The van der Waals surface area contributed by atoms with E-state index in [1.54, 1.807) is 18.9 Å². The van der Waals surface area contributed by atoms with Gasteiger partial charge in [-0.15, -0.1) is 11.3 Å². The van der Waals surface area contributed by atoms with Gasteiger partial charge < -0.3 is 4.52 Å². The van der Waals surface area contributed by atoms with Gasteiger partial charge in [0.05, 0.1) is 11.7 Å². The third-order valence-corrected chi connectivity index (χ3v) is 5.24. The Kier molecular flexibility index (Phi) is 4.96. The number of nitrogens with zero attached hydrogens (tertiary/aromatic N) is 5. The van der Waals surface area contributed by atoms with Gasteiger partial charge in [0.25, 0.3) is 0 Å². The molecule has 3 rings (SSSR count). The molecule has 0 aromatic carbocycles. The smallest absolute Gasteiger partial charge is 0.229 e. The number of likely N-dealkylation sites (tertiary alicyclic amines) is 1. The van der Waals surface area contributed by atoms with E-state index >= 15 is 0 Å². The van der Waals surface area contributed by atoms with Gasteiger partial charge in [-0.3, -0.25) is 14.6 Å². The summed E-state index contributed by atoms with van der Waals surface area (Å²) in [5.41, 5.74) is 0.975. The van der Waals surface area contributed by atoms with Crippen LogP contribution in [0, 0.1) is 0 Å². The molecule has 1 saturated heterocycles. The fourth-order valence-electron chi connectivity index (χ4n) is 2.79. The zero-order chi connectivity index (χ0) is 17.3. The van der Waals surface area contributed by atoms with Gasteiger partial charge >= 0.3 is 0 Å². The second-order valence-corrected chi connectivity index (χ2v) is 7.31. The molecule has 0 radical (unpaired) electrons. The summed E-state index contributed by atoms with van der Waals surface area (Å²) in [4.78, 5) is 24.5. The minimum absolute atomic E-state index is 0.0111. The Balaban J connectivity index is 1.71. The summed E-state index contributed by atoms with van der Waals surface area (Å²) in [5, 5.41) is 6.91. The average molecular weight is 349 g/mol. The molecule has 1 amide bonds. The fraction of sp³-hybridized carbons (Fsp3) is 0.625. The normalized spacial score (nSPS) is 18.5. The Morgan fingerprint density at radius 3 is 2.96 bits per heavy atom. The molecule has 0 aliphatic carbocycles. The molecule has 1 aliphatic rings. The van der Waals surface area contributed by atoms with Crippen molar-refractivity contribution in [2.45, 2.75) is 52.1 Å². The first-order valence-electron chi connectivity index (χ1n) is 8.22. The molecule has 0 unspecified atom stereocenters. The minimum Gasteiger partial charge on any atom is -0.339 e. The third-order valence-electron chi connectivity index (χ3n) is 4.28. The Morgan fingerprint density at radius 1 is 1.50 bits per heavy atom. The number of thiazole rings is 1. The molecule has 130 valence electrons. The summed E-state index contributed by atoms with van der Waals surface area (Å²) >= 11 is 1.49. The molecule has 1 fully saturated rings. The van der Waals surface area contributed by atoms with Gasteiger partial charge in [-0.25, -0.2) is 4.98 Å². The van der Waals surface area contributed by atoms with Crippen LogP contribution in [-0.2, 0) is 11.3 Å². The zero-order valence-corrected chi connectivity index (χ0v) is 15.3. The van der Waals surface area contributed by atoms with Crippen LogP contribution < -0.4 is 4.90 Å². The van der Waals surface area contributed by atoms with Gasteiger partial charge in [0.1, 0.15) is 0 Å². The van der Waals surface area contributed by atoms with Crippen molar-refractivity contribution in [2.24, 2.45) is 0 Å². The van der Waals surface area contributed by atoms with Crippen LogP contribution in [0.4, 0.5) is 5.13 Å². The molecule has 3 heterocycles. The SMILES string of the molecule is CC(=O)N(C)c1nc(CN2CCC[C@@H]2c2noc(C(C)C)n2)cs1. The maximum atomic E-state index is 11.4. The summed E-state index contributed by atoms with van der Waals surface area (Å²) in [6.45, 7) is 7.36. The molecule has 2 aromatic heterocycles. The lowest BCUT2D eigenvalue weighted by atomic mass is 10.2. The largest absolute Gasteiger partial charge is 0.339 e. The highest BCUT2D eigenvalue weighted by Crippen LogP contribution is 2.32. The van der Waals surface area contributed by atoms with Crippen molar-refractivity contribution in [3.05, 3.63) is 22.8 Å². The van der Waals surface area contributed by atoms with E-state index in [1.807, 2.05) is 19.2 Å². The number of carbonyl (C=O) groups excluding carboxylic acids is 1. The van der Waals surface area contributed by atoms with E-state index in [0.29, 0.717) is 5.89 Å². The molecule has 24 heavy (non-hydrogen) atoms. The van der Waals surface area contributed by atoms with Crippen molar-refractivity contribution in [1.82, 2.24) is 20.0 Å². The van der Waals surface area contributed by atoms with Crippen LogP contribution in [0.2, 0.25) is 0 Å². The highest BCUT2D eigenvalue weighted by molar-refractivity contribution is 7.14. The van der Waals surface area contributed by atoms with Crippen molar-refractivity contribution in [3.63, 3.8) is 0 Å². The van der Waals surface area contributed by atoms with Crippen LogP contribution in [0.1, 0.15) is 63.0 Å². The number of amides is 1. The van der Waals surface area contributed by atoms with Gasteiger partial charge in [0.15, 0.2) is 11.0 Å². The van der Waals surface area contributed by atoms with Crippen molar-refractivity contribution in [2.75, 3.05) is 18.5 Å². The van der Waals surface area contributed by atoms with E-state index in [2.05, 4.69) is 20.0 Å². The molecule has 7 nitrogen and oxygen atoms in total. The number of anilines is 1. The van der Waals surface area contributed by atoms with E-state index in [9.17, 15) is 4.79 Å². The van der Waals surface area contributed by atoms with E-state index in [-0.39, 0.29) is 17.9 Å². The van der Waals surface area contributed by atoms with Crippen LogP contribution >= 0.6 is 11.3 Å². The van der Waals surface area contributed by atoms with Gasteiger partial charge in [-0.2, -0.15) is 4.98 Å². The molecular weight excluding hydrogens is 326 g/mol. The van der Waals surface area contributed by atoms with Crippen LogP contribution in [-0.4, -0.2) is 39.5 Å². The number of carbonyl (C=O) groups is 1. The minimum atomic E-state index is -0.0111. The Bertz CT molecular complexity index is 711. The number of aromatic nitrogens is 3. The number of hydrogen-bond donors (Lipinski definition) is 0. The average Bonchev–Trinajstić information content (AvgIpc) is 3.26. The predicted octanol–water partition coefficient (Wildman–Crippen LogP) is 2.97. The highest BCUT2D eigenvalue weighted by atomic mass is 32.1. The third kappa shape index (κ3) is 3.49. The second kappa shape index (κ2) is 6.98. The summed E-state index contributed by atoms with van der Waals surface area (Å²) in [5.74, 6) is 1.69. The van der Waals surface area contributed by atoms with Gasteiger partial charge in [0, 0.05) is 31.8 Å². The van der Waals surface area contributed by atoms with Crippen LogP contribution in [0.25, 0.3) is 0 Å². The van der Waals surface area contributed by atoms with Crippen molar-refractivity contribution in [1.29, 1.82) is 0 Å². The molecule has 0 saturated carbocycles. The molecule has 0 N–H and O–H groups in total. The highest BCUT2D eigenvalue weighted by Gasteiger charge is 2.31. The molecule has 1 aliphatic heterocycles. The van der Waals surface area contributed by atoms with Crippen molar-refractivity contribution < 1.29 is 9.32 Å². The van der Waals surface area contributed by atoms with Crippen LogP contribution in [0.15, 0.2) is 9.90 Å². The summed E-state index contributed by atoms with van der Waals surface area (Å²) in [6.07, 6.45) is 2.14. The molecule has 1 atom stereocenters. The summed E-state index contributed by atoms with van der Waals surface area (Å²) in [6, 6.07) is 0.178. The summed E-state index contributed by atoms with van der Waals surface area (Å²) < 4.78 is 5.35. The lowest BCUT2D eigenvalue weighted by Crippen LogP contribution is -2.24. The topological polar surface area (TPSA) is 75.4 Å². The van der Waals surface area contributed by atoms with E-state index in [4.69, 9.17) is 4.52 Å². The first-order valence-corrected chi connectivity index (χ1v) is 9.10. The van der Waals surface area contributed by atoms with Crippen molar-refractivity contribution in [3.8, 4) is 0 Å². The quantitative estimate of drug-likeness (QED) is 0.826. The van der Waals surface area contributed by atoms with Gasteiger partial charge in [-0.1, -0.05) is 19.0 Å². The molecule has 0 spiro atoms. The fourth-order valence-corrected chi connectivity index (χ4v) is 3.62. The lowest BCUT2D eigenvalue weighted by molar-refractivity contribution is -0.116. The van der Waals surface area contributed by atoms with E-state index in [0.717, 1.165) is 42.6 Å². The Labute approximate surface area is 145 Å². The monoisotopic (exact) mass is 349 g/mol. The lowest BCUT2D eigenvalue weighted by Gasteiger charge is -2.20. The molecule has 2 aromatic rings. The maximum absolute atomic E-state index is 11.4. The van der Waals surface area contributed by atoms with Crippen LogP contribution in [0.5, 0.6) is 0 Å². The zero-order valence-electron chi connectivity index (χ0n) is 14.5. The standard InChI is InChI=1S/C16H23N5O2S/c1-10(2)15-18-14(19-23-15)13-6-5-7-21(13)8-12-9-24-16(17-12)20(4)11(3)22/h9-10,13H,5-8H2,1-4H3/t13-/m1/s1. The molecule has 0 bridgehead atoms. The first-order chi connectivity index (χ1) is 11.5. The van der Waals surface area contributed by atoms with Crippen LogP contribution in [0.3, 0.4) is 0 Å². The van der Waals surface area contributed by atoms with E-state index < -0.39 is 0 Å². The Morgan fingerprint density at radius 2 is 2.29 bits per heavy atom. The number of rotatable bonds is 5. The van der Waals surface area contributed by atoms with Gasteiger partial charge in [-0.05, 0) is 19.4 Å². The predicted molar refractivity (Wildman–Crippen MR) is 92.0 cm³/mol. The Hall–Kier alpha value is -1.80. The molecular formula is C16H23N5O2S. The van der Waals surface area contributed by atoms with E-state index in [1.165, 1.54) is 11.3 Å². The summed E-state index contributed by atoms with van der Waals surface area (Å²) in [7, 11) is 1.75. The maximum Gasteiger partial charge on any atom is 0.229 e. The molecule has 8 heteroatoms. The second-order valence-electron chi connectivity index (χ2n) is 6.47. The first kappa shape index (κ1) is 17.0. The van der Waals surface area contributed by atoms with Crippen molar-refractivity contribution >= 4 is 22.4 Å².